The molecular formula is C16H27N5O. The molecule has 0 bridgehead atoms. The number of rotatable bonds is 5. The molecule has 1 aromatic heterocycles. The van der Waals surface area contributed by atoms with E-state index in [-0.39, 0.29) is 0 Å². The SMILES string of the molecule is O=C(CCC1CCNCC1)N1CCCC(Cn2cncn2)C1. The van der Waals surface area contributed by atoms with Gasteiger partial charge >= 0.3 is 0 Å². The van der Waals surface area contributed by atoms with Gasteiger partial charge in [0.05, 0.1) is 0 Å². The van der Waals surface area contributed by atoms with Gasteiger partial charge in [-0.05, 0) is 57.0 Å². The van der Waals surface area contributed by atoms with E-state index < -0.39 is 0 Å². The first-order valence-electron chi connectivity index (χ1n) is 8.62. The van der Waals surface area contributed by atoms with Gasteiger partial charge in [0, 0.05) is 26.1 Å². The lowest BCUT2D eigenvalue weighted by atomic mass is 9.92. The van der Waals surface area contributed by atoms with Crippen LogP contribution in [0.4, 0.5) is 0 Å². The normalized spacial score (nSPS) is 23.6. The minimum Gasteiger partial charge on any atom is -0.342 e. The van der Waals surface area contributed by atoms with Crippen molar-refractivity contribution in [1.29, 1.82) is 0 Å². The smallest absolute Gasteiger partial charge is 0.222 e. The molecule has 3 heterocycles. The van der Waals surface area contributed by atoms with Gasteiger partial charge in [-0.15, -0.1) is 0 Å². The van der Waals surface area contributed by atoms with Crippen molar-refractivity contribution in [2.45, 2.75) is 45.1 Å². The van der Waals surface area contributed by atoms with Gasteiger partial charge in [-0.2, -0.15) is 5.10 Å². The average molecular weight is 305 g/mol. The molecule has 0 radical (unpaired) electrons. The Balaban J connectivity index is 1.43. The van der Waals surface area contributed by atoms with E-state index in [9.17, 15) is 4.79 Å². The molecule has 2 saturated heterocycles. The number of likely N-dealkylation sites (tertiary alicyclic amines) is 1. The first kappa shape index (κ1) is 15.5. The second kappa shape index (κ2) is 7.72. The summed E-state index contributed by atoms with van der Waals surface area (Å²) in [5, 5.41) is 7.56. The van der Waals surface area contributed by atoms with Crippen molar-refractivity contribution in [3.63, 3.8) is 0 Å². The molecule has 0 aromatic carbocycles. The number of piperidine rings is 2. The van der Waals surface area contributed by atoms with Crippen molar-refractivity contribution in [2.75, 3.05) is 26.2 Å². The third-order valence-corrected chi connectivity index (χ3v) is 5.01. The molecule has 122 valence electrons. The Morgan fingerprint density at radius 2 is 2.09 bits per heavy atom. The van der Waals surface area contributed by atoms with Gasteiger partial charge in [-0.1, -0.05) is 0 Å². The van der Waals surface area contributed by atoms with E-state index in [1.165, 1.54) is 19.3 Å². The second-order valence-electron chi connectivity index (χ2n) is 6.70. The van der Waals surface area contributed by atoms with E-state index in [2.05, 4.69) is 20.3 Å². The predicted octanol–water partition coefficient (Wildman–Crippen LogP) is 1.30. The van der Waals surface area contributed by atoms with E-state index in [0.29, 0.717) is 11.8 Å². The lowest BCUT2D eigenvalue weighted by molar-refractivity contribution is -0.133. The van der Waals surface area contributed by atoms with Crippen molar-refractivity contribution in [3.05, 3.63) is 12.7 Å². The highest BCUT2D eigenvalue weighted by Crippen LogP contribution is 2.22. The Morgan fingerprint density at radius 3 is 2.86 bits per heavy atom. The van der Waals surface area contributed by atoms with Crippen molar-refractivity contribution in [1.82, 2.24) is 25.0 Å². The van der Waals surface area contributed by atoms with E-state index in [4.69, 9.17) is 0 Å². The summed E-state index contributed by atoms with van der Waals surface area (Å²) in [7, 11) is 0. The minimum atomic E-state index is 0.349. The van der Waals surface area contributed by atoms with E-state index >= 15 is 0 Å². The topological polar surface area (TPSA) is 63.1 Å². The maximum absolute atomic E-state index is 12.5. The van der Waals surface area contributed by atoms with Crippen molar-refractivity contribution < 1.29 is 4.79 Å². The fourth-order valence-corrected chi connectivity index (χ4v) is 3.69. The number of carbonyl (C=O) groups excluding carboxylic acids is 1. The number of nitrogens with one attached hydrogen (secondary N) is 1. The number of nitrogens with zero attached hydrogens (tertiary/aromatic N) is 4. The highest BCUT2D eigenvalue weighted by atomic mass is 16.2. The fourth-order valence-electron chi connectivity index (χ4n) is 3.69. The summed E-state index contributed by atoms with van der Waals surface area (Å²) in [6.45, 7) is 4.91. The zero-order valence-corrected chi connectivity index (χ0v) is 13.3. The molecule has 1 aromatic rings. The lowest BCUT2D eigenvalue weighted by Crippen LogP contribution is -2.41. The number of aromatic nitrogens is 3. The molecule has 2 aliphatic rings. The van der Waals surface area contributed by atoms with Crippen molar-refractivity contribution in [2.24, 2.45) is 11.8 Å². The average Bonchev–Trinajstić information content (AvgIpc) is 3.07. The quantitative estimate of drug-likeness (QED) is 0.890. The van der Waals surface area contributed by atoms with Gasteiger partial charge in [0.1, 0.15) is 12.7 Å². The predicted molar refractivity (Wildman–Crippen MR) is 84.2 cm³/mol. The van der Waals surface area contributed by atoms with Crippen LogP contribution in [0.5, 0.6) is 0 Å². The Hall–Kier alpha value is -1.43. The first-order valence-corrected chi connectivity index (χ1v) is 8.62. The molecule has 2 fully saturated rings. The van der Waals surface area contributed by atoms with Crippen LogP contribution in [0.15, 0.2) is 12.7 Å². The minimum absolute atomic E-state index is 0.349. The summed E-state index contributed by atoms with van der Waals surface area (Å²) in [4.78, 5) is 18.5. The zero-order valence-electron chi connectivity index (χ0n) is 13.3. The fraction of sp³-hybridized carbons (Fsp3) is 0.812. The molecule has 1 unspecified atom stereocenters. The number of amides is 1. The van der Waals surface area contributed by atoms with Gasteiger partial charge in [-0.25, -0.2) is 4.98 Å². The maximum Gasteiger partial charge on any atom is 0.222 e. The monoisotopic (exact) mass is 305 g/mol. The highest BCUT2D eigenvalue weighted by Gasteiger charge is 2.24. The summed E-state index contributed by atoms with van der Waals surface area (Å²) < 4.78 is 1.88. The summed E-state index contributed by atoms with van der Waals surface area (Å²) in [6.07, 6.45) is 9.86. The molecule has 1 amide bonds. The van der Waals surface area contributed by atoms with Gasteiger partial charge in [-0.3, -0.25) is 9.48 Å². The molecular weight excluding hydrogens is 278 g/mol. The Kier molecular flexibility index (Phi) is 5.43. The standard InChI is InChI=1S/C16H27N5O/c22-16(4-3-14-5-7-17-8-6-14)20-9-1-2-15(10-20)11-21-13-18-12-19-21/h12-15,17H,1-11H2. The molecule has 6 nitrogen and oxygen atoms in total. The van der Waals surface area contributed by atoms with E-state index in [0.717, 1.165) is 57.9 Å². The summed E-state index contributed by atoms with van der Waals surface area (Å²) in [6, 6.07) is 0. The molecule has 2 aliphatic heterocycles. The number of hydrogen-bond donors (Lipinski definition) is 1. The molecule has 22 heavy (non-hydrogen) atoms. The molecule has 0 spiro atoms. The Labute approximate surface area is 132 Å². The summed E-state index contributed by atoms with van der Waals surface area (Å²) in [5.74, 6) is 1.60. The Bertz CT molecular complexity index is 455. The van der Waals surface area contributed by atoms with Gasteiger partial charge in [0.15, 0.2) is 0 Å². The molecule has 0 saturated carbocycles. The van der Waals surface area contributed by atoms with E-state index in [1.54, 1.807) is 12.7 Å². The van der Waals surface area contributed by atoms with Crippen molar-refractivity contribution in [3.8, 4) is 0 Å². The first-order chi connectivity index (χ1) is 10.8. The van der Waals surface area contributed by atoms with Gasteiger partial charge < -0.3 is 10.2 Å². The van der Waals surface area contributed by atoms with Crippen LogP contribution < -0.4 is 5.32 Å². The second-order valence-corrected chi connectivity index (χ2v) is 6.70. The highest BCUT2D eigenvalue weighted by molar-refractivity contribution is 5.76. The van der Waals surface area contributed by atoms with Gasteiger partial charge in [0.2, 0.25) is 5.91 Å². The molecule has 0 aliphatic carbocycles. The largest absolute Gasteiger partial charge is 0.342 e. The van der Waals surface area contributed by atoms with Crippen LogP contribution in [0.2, 0.25) is 0 Å². The molecule has 1 N–H and O–H groups in total. The zero-order chi connectivity index (χ0) is 15.2. The van der Waals surface area contributed by atoms with Crippen LogP contribution in [0.25, 0.3) is 0 Å². The molecule has 6 heteroatoms. The molecule has 3 rings (SSSR count). The third-order valence-electron chi connectivity index (χ3n) is 5.01. The van der Waals surface area contributed by atoms with Crippen LogP contribution in [0.3, 0.4) is 0 Å². The maximum atomic E-state index is 12.5. The third kappa shape index (κ3) is 4.29. The van der Waals surface area contributed by atoms with Crippen LogP contribution in [0, 0.1) is 11.8 Å². The number of carbonyl (C=O) groups is 1. The summed E-state index contributed by atoms with van der Waals surface area (Å²) in [5.41, 5.74) is 0. The van der Waals surface area contributed by atoms with Gasteiger partial charge in [0.25, 0.3) is 0 Å². The Morgan fingerprint density at radius 1 is 1.23 bits per heavy atom. The van der Waals surface area contributed by atoms with Crippen molar-refractivity contribution >= 4 is 5.91 Å². The van der Waals surface area contributed by atoms with E-state index in [1.807, 2.05) is 4.68 Å². The van der Waals surface area contributed by atoms with Crippen LogP contribution in [-0.2, 0) is 11.3 Å². The van der Waals surface area contributed by atoms with Crippen LogP contribution in [0.1, 0.15) is 38.5 Å². The molecule has 1 atom stereocenters. The lowest BCUT2D eigenvalue weighted by Gasteiger charge is -2.33. The van der Waals surface area contributed by atoms with Crippen LogP contribution in [-0.4, -0.2) is 51.8 Å². The summed E-state index contributed by atoms with van der Waals surface area (Å²) >= 11 is 0. The van der Waals surface area contributed by atoms with Crippen LogP contribution >= 0.6 is 0 Å². The number of hydrogen-bond acceptors (Lipinski definition) is 4.